The number of halogens is 2. The van der Waals surface area contributed by atoms with Gasteiger partial charge in [-0.25, -0.2) is 14.4 Å². The average molecular weight is 574 g/mol. The molecule has 0 saturated heterocycles. The Morgan fingerprint density at radius 3 is 2.68 bits per heavy atom. The molecule has 0 aliphatic heterocycles. The number of imidazole rings is 1. The van der Waals surface area contributed by atoms with Gasteiger partial charge in [0.15, 0.2) is 0 Å². The fourth-order valence-corrected chi connectivity index (χ4v) is 5.49. The molecule has 0 radical (unpaired) electrons. The summed E-state index contributed by atoms with van der Waals surface area (Å²) in [6.07, 6.45) is -0.292. The van der Waals surface area contributed by atoms with Gasteiger partial charge in [0.2, 0.25) is 0 Å². The molecule has 38 heavy (non-hydrogen) atoms. The van der Waals surface area contributed by atoms with Crippen molar-refractivity contribution in [3.63, 3.8) is 0 Å². The maximum absolute atomic E-state index is 14.8. The molecule has 0 spiro atoms. The minimum atomic E-state index is -0.300. The van der Waals surface area contributed by atoms with Crippen LogP contribution in [0.25, 0.3) is 21.9 Å². The van der Waals surface area contributed by atoms with Crippen LogP contribution < -0.4 is 4.74 Å². The van der Waals surface area contributed by atoms with Gasteiger partial charge >= 0.3 is 0 Å². The Balaban J connectivity index is 1.33. The first kappa shape index (κ1) is 24.6. The maximum Gasteiger partial charge on any atom is 0.293 e. The molecule has 2 heterocycles. The molecule has 2 atom stereocenters. The number of carbonyl (C=O) groups is 1. The highest BCUT2D eigenvalue weighted by atomic mass is 79.9. The minimum absolute atomic E-state index is 0.107. The Labute approximate surface area is 227 Å². The monoisotopic (exact) mass is 573 g/mol. The van der Waals surface area contributed by atoms with Crippen molar-refractivity contribution in [3.8, 4) is 5.75 Å². The van der Waals surface area contributed by atoms with Gasteiger partial charge in [0.1, 0.15) is 30.1 Å². The minimum Gasteiger partial charge on any atom is -0.487 e. The summed E-state index contributed by atoms with van der Waals surface area (Å²) in [7, 11) is 0. The zero-order chi connectivity index (χ0) is 26.4. The van der Waals surface area contributed by atoms with E-state index in [1.807, 2.05) is 79.1 Å². The Morgan fingerprint density at radius 1 is 1.03 bits per heavy atom. The van der Waals surface area contributed by atoms with Crippen LogP contribution in [0.3, 0.4) is 0 Å². The van der Waals surface area contributed by atoms with E-state index in [1.165, 1.54) is 6.07 Å². The summed E-state index contributed by atoms with van der Waals surface area (Å²) in [5, 5.41) is 1.08. The van der Waals surface area contributed by atoms with Gasteiger partial charge in [-0.1, -0.05) is 60.1 Å². The van der Waals surface area contributed by atoms with Crippen molar-refractivity contribution in [2.45, 2.75) is 39.0 Å². The van der Waals surface area contributed by atoms with Crippen molar-refractivity contribution in [2.75, 3.05) is 0 Å². The highest BCUT2D eigenvalue weighted by Gasteiger charge is 2.63. The molecule has 2 unspecified atom stereocenters. The second-order valence-corrected chi connectivity index (χ2v) is 11.1. The van der Waals surface area contributed by atoms with E-state index in [4.69, 9.17) is 14.5 Å². The number of hydrogen-bond acceptors (Lipinski definition) is 5. The molecular weight excluding hydrogens is 549 g/mol. The average Bonchev–Trinajstić information content (AvgIpc) is 3.26. The number of aromatic nitrogens is 3. The van der Waals surface area contributed by atoms with E-state index in [0.717, 1.165) is 33.5 Å². The number of benzene rings is 3. The molecule has 1 fully saturated rings. The van der Waals surface area contributed by atoms with E-state index in [0.29, 0.717) is 35.4 Å². The normalized spacial score (nSPS) is 18.0. The van der Waals surface area contributed by atoms with E-state index >= 15 is 0 Å². The van der Waals surface area contributed by atoms with E-state index in [1.54, 1.807) is 6.07 Å². The predicted octanol–water partition coefficient (Wildman–Crippen LogP) is 6.78. The lowest BCUT2D eigenvalue weighted by Crippen LogP contribution is -2.08. The molecule has 2 aromatic heterocycles. The molecular formula is C30H25BrFN3O3. The van der Waals surface area contributed by atoms with Crippen molar-refractivity contribution in [2.24, 2.45) is 5.41 Å². The molecule has 6 nitrogen and oxygen atoms in total. The van der Waals surface area contributed by atoms with Crippen LogP contribution in [0, 0.1) is 11.2 Å². The molecule has 0 N–H and O–H groups in total. The second-order valence-electron chi connectivity index (χ2n) is 10.2. The number of carbonyl (C=O) groups excluding carboxylic acids is 1. The van der Waals surface area contributed by atoms with E-state index < -0.39 is 0 Å². The highest BCUT2D eigenvalue weighted by Crippen LogP contribution is 2.60. The van der Waals surface area contributed by atoms with Gasteiger partial charge in [-0.2, -0.15) is 0 Å². The molecule has 0 bridgehead atoms. The summed E-state index contributed by atoms with van der Waals surface area (Å²) in [5.41, 5.74) is 3.60. The Morgan fingerprint density at radius 2 is 1.87 bits per heavy atom. The van der Waals surface area contributed by atoms with E-state index in [2.05, 4.69) is 20.9 Å². The van der Waals surface area contributed by atoms with Crippen LogP contribution in [0.2, 0.25) is 0 Å². The van der Waals surface area contributed by atoms with Gasteiger partial charge in [-0.05, 0) is 36.4 Å². The second kappa shape index (κ2) is 9.51. The van der Waals surface area contributed by atoms with Gasteiger partial charge in [0.05, 0.1) is 34.7 Å². The fraction of sp³-hybridized carbons (Fsp3) is 0.233. The topological polar surface area (TPSA) is 66.2 Å². The van der Waals surface area contributed by atoms with Gasteiger partial charge in [0.25, 0.3) is 6.47 Å². The van der Waals surface area contributed by atoms with Crippen LogP contribution in [0.15, 0.2) is 77.3 Å². The number of pyridine rings is 1. The third kappa shape index (κ3) is 4.43. The van der Waals surface area contributed by atoms with Gasteiger partial charge in [0, 0.05) is 26.9 Å². The molecule has 6 rings (SSSR count). The molecule has 5 aromatic rings. The smallest absolute Gasteiger partial charge is 0.293 e. The number of fused-ring (bicyclic) bond motifs is 2. The number of rotatable bonds is 8. The van der Waals surface area contributed by atoms with Gasteiger partial charge in [-0.15, -0.1) is 0 Å². The number of para-hydroxylation sites is 1. The molecule has 192 valence electrons. The lowest BCUT2D eigenvalue weighted by Gasteiger charge is -2.12. The lowest BCUT2D eigenvalue weighted by atomic mass is 10.1. The van der Waals surface area contributed by atoms with E-state index in [9.17, 15) is 9.18 Å². The quantitative estimate of drug-likeness (QED) is 0.191. The Kier molecular flexibility index (Phi) is 6.14. The largest absolute Gasteiger partial charge is 0.487 e. The first-order chi connectivity index (χ1) is 18.3. The van der Waals surface area contributed by atoms with Crippen LogP contribution in [0.4, 0.5) is 4.39 Å². The number of ether oxygens (including phenoxy) is 2. The predicted molar refractivity (Wildman–Crippen MR) is 146 cm³/mol. The number of hydrogen-bond donors (Lipinski definition) is 0. The molecule has 0 amide bonds. The number of nitrogens with zero attached hydrogens (tertiary/aromatic N) is 3. The summed E-state index contributed by atoms with van der Waals surface area (Å²) in [6, 6.07) is 22.7. The van der Waals surface area contributed by atoms with Crippen LogP contribution in [0.1, 0.15) is 36.8 Å². The van der Waals surface area contributed by atoms with Crippen molar-refractivity contribution in [1.82, 2.24) is 14.5 Å². The van der Waals surface area contributed by atoms with Crippen molar-refractivity contribution in [3.05, 3.63) is 100 Å². The molecule has 1 aliphatic rings. The van der Waals surface area contributed by atoms with Crippen molar-refractivity contribution < 1.29 is 18.7 Å². The highest BCUT2D eigenvalue weighted by molar-refractivity contribution is 9.10. The summed E-state index contributed by atoms with van der Waals surface area (Å²) in [6.45, 7) is 5.19. The summed E-state index contributed by atoms with van der Waals surface area (Å²) < 4.78 is 28.9. The fourth-order valence-electron chi connectivity index (χ4n) is 5.16. The van der Waals surface area contributed by atoms with Crippen LogP contribution in [-0.4, -0.2) is 27.1 Å². The standard InChI is InChI=1S/C30H25BrFN3O3/c1-30(2)27(28(30)38-17-36)29-34-25-14-22(37-16-21-10-8-18-5-3-4-6-24(18)33-21)11-12-26(25)35(29)15-19-7-9-20(31)13-23(19)32/h3-14,17,27-28H,15-16H2,1-2H3. The Bertz CT molecular complexity index is 1680. The first-order valence-corrected chi connectivity index (χ1v) is 13.1. The van der Waals surface area contributed by atoms with Crippen molar-refractivity contribution >= 4 is 44.3 Å². The molecule has 8 heteroatoms. The van der Waals surface area contributed by atoms with Crippen LogP contribution in [-0.2, 0) is 22.7 Å². The van der Waals surface area contributed by atoms with Crippen LogP contribution >= 0.6 is 15.9 Å². The van der Waals surface area contributed by atoms with Gasteiger partial charge in [-0.3, -0.25) is 4.79 Å². The zero-order valence-corrected chi connectivity index (χ0v) is 22.5. The summed E-state index contributed by atoms with van der Waals surface area (Å²) in [4.78, 5) is 20.7. The van der Waals surface area contributed by atoms with Crippen molar-refractivity contribution in [1.29, 1.82) is 0 Å². The van der Waals surface area contributed by atoms with Crippen LogP contribution in [0.5, 0.6) is 5.75 Å². The summed E-state index contributed by atoms with van der Waals surface area (Å²) >= 11 is 3.33. The third-order valence-corrected chi connectivity index (χ3v) is 7.84. The maximum atomic E-state index is 14.8. The molecule has 1 saturated carbocycles. The Hall–Kier alpha value is -3.78. The molecule has 3 aromatic carbocycles. The van der Waals surface area contributed by atoms with E-state index in [-0.39, 0.29) is 23.3 Å². The third-order valence-electron chi connectivity index (χ3n) is 7.34. The summed E-state index contributed by atoms with van der Waals surface area (Å²) in [5.74, 6) is 1.01. The SMILES string of the molecule is CC1(C)C(OC=O)C1c1nc2cc(OCc3ccc4ccccc4n3)ccc2n1Cc1ccc(Br)cc1F. The zero-order valence-electron chi connectivity index (χ0n) is 20.9. The lowest BCUT2D eigenvalue weighted by molar-refractivity contribution is -0.130. The molecule has 1 aliphatic carbocycles. The van der Waals surface area contributed by atoms with Gasteiger partial charge < -0.3 is 14.0 Å². The first-order valence-electron chi connectivity index (χ1n) is 12.4.